The molecule has 0 saturated carbocycles. The van der Waals surface area contributed by atoms with Crippen molar-refractivity contribution >= 4 is 29.1 Å². The number of hydrogen-bond donors (Lipinski definition) is 1. The molecule has 2 aromatic carbocycles. The molecule has 5 nitrogen and oxygen atoms in total. The molecule has 0 radical (unpaired) electrons. The number of Topliss-reactive ketones (excluding diaryl/α,β-unsaturated/α-hetero) is 1. The van der Waals surface area contributed by atoms with Crippen molar-refractivity contribution in [3.05, 3.63) is 95.3 Å². The first-order chi connectivity index (χ1) is 13.0. The summed E-state index contributed by atoms with van der Waals surface area (Å²) in [6.45, 7) is 1.48. The SMILES string of the molecule is CC(=O)c1cccc(NC(=O)C(Sc2cccc[n+]2[O-])c2ccccc2)c1. The number of amides is 1. The van der Waals surface area contributed by atoms with Gasteiger partial charge in [-0.3, -0.25) is 9.59 Å². The van der Waals surface area contributed by atoms with E-state index in [1.54, 1.807) is 42.5 Å². The number of carbonyl (C=O) groups is 2. The molecule has 136 valence electrons. The van der Waals surface area contributed by atoms with E-state index in [2.05, 4.69) is 5.32 Å². The summed E-state index contributed by atoms with van der Waals surface area (Å²) in [6.07, 6.45) is 1.40. The average Bonchev–Trinajstić information content (AvgIpc) is 2.68. The molecule has 27 heavy (non-hydrogen) atoms. The molecule has 1 unspecified atom stereocenters. The molecular weight excluding hydrogens is 360 g/mol. The number of hydrogen-bond acceptors (Lipinski definition) is 4. The lowest BCUT2D eigenvalue weighted by atomic mass is 10.1. The minimum absolute atomic E-state index is 0.0724. The van der Waals surface area contributed by atoms with Crippen molar-refractivity contribution < 1.29 is 14.3 Å². The molecule has 1 atom stereocenters. The van der Waals surface area contributed by atoms with Crippen molar-refractivity contribution in [3.63, 3.8) is 0 Å². The van der Waals surface area contributed by atoms with Crippen LogP contribution in [-0.4, -0.2) is 11.7 Å². The Morgan fingerprint density at radius 1 is 1.00 bits per heavy atom. The van der Waals surface area contributed by atoms with Gasteiger partial charge in [-0.05, 0) is 42.4 Å². The van der Waals surface area contributed by atoms with E-state index in [1.807, 2.05) is 30.3 Å². The summed E-state index contributed by atoms with van der Waals surface area (Å²) in [4.78, 5) is 24.5. The zero-order valence-corrected chi connectivity index (χ0v) is 15.5. The molecule has 3 rings (SSSR count). The number of pyridine rings is 1. The van der Waals surface area contributed by atoms with Gasteiger partial charge in [0.05, 0.1) is 0 Å². The van der Waals surface area contributed by atoms with Gasteiger partial charge in [-0.15, -0.1) is 0 Å². The molecule has 0 aliphatic carbocycles. The Kier molecular flexibility index (Phi) is 5.88. The number of rotatable bonds is 6. The normalized spacial score (nSPS) is 11.6. The van der Waals surface area contributed by atoms with Crippen LogP contribution in [0.5, 0.6) is 0 Å². The van der Waals surface area contributed by atoms with Gasteiger partial charge in [-0.1, -0.05) is 42.5 Å². The van der Waals surface area contributed by atoms with Crippen LogP contribution in [0, 0.1) is 5.21 Å². The van der Waals surface area contributed by atoms with Crippen LogP contribution in [0.4, 0.5) is 5.69 Å². The fourth-order valence-corrected chi connectivity index (χ4v) is 3.57. The zero-order chi connectivity index (χ0) is 19.2. The molecular formula is C21H18N2O3S. The summed E-state index contributed by atoms with van der Waals surface area (Å²) in [6, 6.07) is 21.1. The van der Waals surface area contributed by atoms with Gasteiger partial charge in [0.25, 0.3) is 5.03 Å². The summed E-state index contributed by atoms with van der Waals surface area (Å²) >= 11 is 1.18. The van der Waals surface area contributed by atoms with Crippen molar-refractivity contribution in [3.8, 4) is 0 Å². The van der Waals surface area contributed by atoms with Gasteiger partial charge >= 0.3 is 0 Å². The number of benzene rings is 2. The predicted octanol–water partition coefficient (Wildman–Crippen LogP) is 3.99. The van der Waals surface area contributed by atoms with Crippen LogP contribution in [0.25, 0.3) is 0 Å². The van der Waals surface area contributed by atoms with Crippen molar-refractivity contribution in [1.82, 2.24) is 0 Å². The van der Waals surface area contributed by atoms with Crippen LogP contribution in [0.3, 0.4) is 0 Å². The fraction of sp³-hybridized carbons (Fsp3) is 0.0952. The lowest BCUT2D eigenvalue weighted by Crippen LogP contribution is -2.29. The van der Waals surface area contributed by atoms with E-state index in [4.69, 9.17) is 0 Å². The molecule has 3 aromatic rings. The van der Waals surface area contributed by atoms with Gasteiger partial charge in [-0.25, -0.2) is 0 Å². The van der Waals surface area contributed by atoms with Gasteiger partial charge in [0.2, 0.25) is 5.91 Å². The Hall–Kier alpha value is -3.12. The number of nitrogens with zero attached hydrogens (tertiary/aromatic N) is 1. The van der Waals surface area contributed by atoms with Crippen molar-refractivity contribution in [1.29, 1.82) is 0 Å². The first kappa shape index (κ1) is 18.7. The van der Waals surface area contributed by atoms with Crippen LogP contribution in [0.15, 0.2) is 84.0 Å². The van der Waals surface area contributed by atoms with E-state index in [-0.39, 0.29) is 11.7 Å². The van der Waals surface area contributed by atoms with E-state index in [1.165, 1.54) is 24.9 Å². The molecule has 0 aliphatic rings. The molecule has 0 spiro atoms. The second kappa shape index (κ2) is 8.51. The van der Waals surface area contributed by atoms with Crippen LogP contribution >= 0.6 is 11.8 Å². The maximum atomic E-state index is 13.0. The first-order valence-electron chi connectivity index (χ1n) is 8.36. The van der Waals surface area contributed by atoms with Crippen molar-refractivity contribution in [2.24, 2.45) is 0 Å². The third-order valence-electron chi connectivity index (χ3n) is 3.90. The largest absolute Gasteiger partial charge is 0.618 e. The maximum absolute atomic E-state index is 13.0. The lowest BCUT2D eigenvalue weighted by Gasteiger charge is -2.16. The lowest BCUT2D eigenvalue weighted by molar-refractivity contribution is -0.645. The monoisotopic (exact) mass is 378 g/mol. The summed E-state index contributed by atoms with van der Waals surface area (Å²) in [5, 5.41) is 14.7. The summed E-state index contributed by atoms with van der Waals surface area (Å²) in [5.41, 5.74) is 1.85. The minimum Gasteiger partial charge on any atom is -0.618 e. The Morgan fingerprint density at radius 2 is 1.74 bits per heavy atom. The number of aromatic nitrogens is 1. The Labute approximate surface area is 161 Å². The van der Waals surface area contributed by atoms with Gasteiger partial charge in [0.1, 0.15) is 5.25 Å². The van der Waals surface area contributed by atoms with E-state index in [0.29, 0.717) is 16.3 Å². The van der Waals surface area contributed by atoms with Crippen molar-refractivity contribution in [2.45, 2.75) is 17.2 Å². The van der Waals surface area contributed by atoms with Crippen LogP contribution in [-0.2, 0) is 4.79 Å². The predicted molar refractivity (Wildman–Crippen MR) is 106 cm³/mol. The highest BCUT2D eigenvalue weighted by Gasteiger charge is 2.25. The minimum atomic E-state index is -0.616. The average molecular weight is 378 g/mol. The van der Waals surface area contributed by atoms with Crippen LogP contribution < -0.4 is 10.0 Å². The van der Waals surface area contributed by atoms with Crippen LogP contribution in [0.1, 0.15) is 28.1 Å². The summed E-state index contributed by atoms with van der Waals surface area (Å²) in [7, 11) is 0. The maximum Gasteiger partial charge on any atom is 0.252 e. The number of ketones is 1. The Balaban J connectivity index is 1.88. The van der Waals surface area contributed by atoms with Gasteiger partial charge in [0, 0.05) is 23.4 Å². The topological polar surface area (TPSA) is 73.1 Å². The molecule has 1 amide bonds. The molecule has 0 aliphatic heterocycles. The second-order valence-corrected chi connectivity index (χ2v) is 7.02. The highest BCUT2D eigenvalue weighted by Crippen LogP contribution is 2.34. The molecule has 0 fully saturated rings. The Bertz CT molecular complexity index is 960. The molecule has 0 bridgehead atoms. The highest BCUT2D eigenvalue weighted by atomic mass is 32.2. The molecule has 6 heteroatoms. The van der Waals surface area contributed by atoms with Gasteiger partial charge < -0.3 is 10.5 Å². The smallest absolute Gasteiger partial charge is 0.252 e. The molecule has 1 heterocycles. The fourth-order valence-electron chi connectivity index (χ4n) is 2.55. The first-order valence-corrected chi connectivity index (χ1v) is 9.24. The quantitative estimate of drug-likeness (QED) is 0.305. The second-order valence-electron chi connectivity index (χ2n) is 5.90. The van der Waals surface area contributed by atoms with E-state index >= 15 is 0 Å². The molecule has 1 aromatic heterocycles. The highest BCUT2D eigenvalue weighted by molar-refractivity contribution is 8.00. The number of thioether (sulfide) groups is 1. The number of anilines is 1. The number of nitrogens with one attached hydrogen (secondary N) is 1. The standard InChI is InChI=1S/C21H18N2O3S/c1-15(24)17-10-7-11-18(14-17)22-21(25)20(16-8-3-2-4-9-16)27-19-12-5-6-13-23(19)26/h2-14,20H,1H3,(H,22,25). The number of carbonyl (C=O) groups excluding carboxylic acids is 2. The zero-order valence-electron chi connectivity index (χ0n) is 14.7. The third kappa shape index (κ3) is 4.74. The van der Waals surface area contributed by atoms with Crippen molar-refractivity contribution in [2.75, 3.05) is 5.32 Å². The Morgan fingerprint density at radius 3 is 2.44 bits per heavy atom. The third-order valence-corrected chi connectivity index (χ3v) is 5.18. The molecule has 1 N–H and O–H groups in total. The van der Waals surface area contributed by atoms with Gasteiger partial charge in [0.15, 0.2) is 12.0 Å². The molecule has 0 saturated heterocycles. The van der Waals surface area contributed by atoms with E-state index < -0.39 is 5.25 Å². The van der Waals surface area contributed by atoms with E-state index in [9.17, 15) is 14.8 Å². The summed E-state index contributed by atoms with van der Waals surface area (Å²) < 4.78 is 0.740. The van der Waals surface area contributed by atoms with Crippen LogP contribution in [0.2, 0.25) is 0 Å². The van der Waals surface area contributed by atoms with Gasteiger partial charge in [-0.2, -0.15) is 4.73 Å². The summed E-state index contributed by atoms with van der Waals surface area (Å²) in [5.74, 6) is -0.340. The van der Waals surface area contributed by atoms with E-state index in [0.717, 1.165) is 10.3 Å².